The van der Waals surface area contributed by atoms with E-state index >= 15 is 0 Å². The Kier molecular flexibility index (Phi) is 6.90. The van der Waals surface area contributed by atoms with Gasteiger partial charge in [0.25, 0.3) is 0 Å². The van der Waals surface area contributed by atoms with Crippen molar-refractivity contribution in [3.8, 4) is 0 Å². The van der Waals surface area contributed by atoms with E-state index in [-0.39, 0.29) is 29.6 Å². The molecule has 0 bridgehead atoms. The summed E-state index contributed by atoms with van der Waals surface area (Å²) in [6, 6.07) is 0. The molecule has 0 saturated heterocycles. The summed E-state index contributed by atoms with van der Waals surface area (Å²) >= 11 is 0. The minimum absolute atomic E-state index is 0. The Morgan fingerprint density at radius 3 is 1.29 bits per heavy atom. The van der Waals surface area contributed by atoms with Gasteiger partial charge in [-0.15, -0.1) is 0 Å². The van der Waals surface area contributed by atoms with Gasteiger partial charge in [0.15, 0.2) is 0 Å². The summed E-state index contributed by atoms with van der Waals surface area (Å²) in [5.74, 6) is 1.99. The molecule has 0 atom stereocenters. The van der Waals surface area contributed by atoms with Gasteiger partial charge in [-0.05, 0) is 0 Å². The standard InChI is InChI=1S/C12H22B.Na/c1-3-7-11(8-4-1)13-12-9-5-2-6-10-12;/h11-12H,1-10H2;/q-1;+1. The summed E-state index contributed by atoms with van der Waals surface area (Å²) in [6.07, 6.45) is 15.0. The first-order valence-electron chi connectivity index (χ1n) is 6.30. The van der Waals surface area contributed by atoms with Gasteiger partial charge in [0.1, 0.15) is 0 Å². The van der Waals surface area contributed by atoms with Crippen LogP contribution in [0.2, 0.25) is 11.6 Å². The molecule has 0 amide bonds. The van der Waals surface area contributed by atoms with E-state index in [1.165, 1.54) is 64.2 Å². The zero-order valence-electron chi connectivity index (χ0n) is 9.80. The molecule has 2 aliphatic rings. The monoisotopic (exact) mass is 200 g/mol. The maximum absolute atomic E-state index is 2.72. The van der Waals surface area contributed by atoms with Crippen LogP contribution in [0.4, 0.5) is 0 Å². The summed E-state index contributed by atoms with van der Waals surface area (Å²) in [6.45, 7) is 0. The van der Waals surface area contributed by atoms with Crippen LogP contribution in [-0.2, 0) is 0 Å². The molecule has 0 N–H and O–H groups in total. The maximum Gasteiger partial charge on any atom is 1.00 e. The molecular formula is C12H22BNa. The van der Waals surface area contributed by atoms with Crippen LogP contribution in [-0.4, -0.2) is 7.28 Å². The Morgan fingerprint density at radius 2 is 0.929 bits per heavy atom. The second-order valence-electron chi connectivity index (χ2n) is 4.99. The smallest absolute Gasteiger partial charge is 0.328 e. The summed E-state index contributed by atoms with van der Waals surface area (Å²) in [4.78, 5) is 0. The van der Waals surface area contributed by atoms with Gasteiger partial charge in [0.05, 0.1) is 0 Å². The molecule has 2 rings (SSSR count). The number of hydrogen-bond acceptors (Lipinski definition) is 0. The van der Waals surface area contributed by atoms with Crippen molar-refractivity contribution in [2.24, 2.45) is 0 Å². The quantitative estimate of drug-likeness (QED) is 0.587. The van der Waals surface area contributed by atoms with E-state index in [9.17, 15) is 0 Å². The summed E-state index contributed by atoms with van der Waals surface area (Å²) in [7, 11) is 2.72. The van der Waals surface area contributed by atoms with Gasteiger partial charge in [-0.3, -0.25) is 0 Å². The molecule has 2 radical (unpaired) electrons. The predicted molar refractivity (Wildman–Crippen MR) is 59.4 cm³/mol. The molecule has 0 aliphatic heterocycles. The van der Waals surface area contributed by atoms with Crippen molar-refractivity contribution >= 4 is 7.28 Å². The van der Waals surface area contributed by atoms with Crippen LogP contribution in [0.5, 0.6) is 0 Å². The number of rotatable bonds is 2. The van der Waals surface area contributed by atoms with Crippen LogP contribution >= 0.6 is 0 Å². The molecule has 0 unspecified atom stereocenters. The third-order valence-corrected chi connectivity index (χ3v) is 3.84. The van der Waals surface area contributed by atoms with Gasteiger partial charge in [-0.25, -0.2) is 11.6 Å². The van der Waals surface area contributed by atoms with Gasteiger partial charge in [-0.1, -0.05) is 64.2 Å². The van der Waals surface area contributed by atoms with Crippen molar-refractivity contribution in [2.75, 3.05) is 0 Å². The van der Waals surface area contributed by atoms with Crippen LogP contribution in [0.1, 0.15) is 64.2 Å². The largest absolute Gasteiger partial charge is 1.00 e. The fourth-order valence-corrected chi connectivity index (χ4v) is 3.04. The van der Waals surface area contributed by atoms with Crippen LogP contribution in [0.3, 0.4) is 0 Å². The molecule has 0 heterocycles. The van der Waals surface area contributed by atoms with E-state index < -0.39 is 0 Å². The number of hydrogen-bond donors (Lipinski definition) is 0. The average Bonchev–Trinajstić information content (AvgIpc) is 2.21. The zero-order chi connectivity index (χ0) is 8.93. The molecule has 0 aromatic rings. The van der Waals surface area contributed by atoms with Crippen LogP contribution in [0, 0.1) is 0 Å². The second-order valence-corrected chi connectivity index (χ2v) is 4.99. The van der Waals surface area contributed by atoms with Crippen molar-refractivity contribution in [2.45, 2.75) is 75.8 Å². The molecule has 2 heteroatoms. The van der Waals surface area contributed by atoms with Gasteiger partial charge in [-0.2, -0.15) is 0 Å². The van der Waals surface area contributed by atoms with Crippen molar-refractivity contribution in [3.63, 3.8) is 0 Å². The normalized spacial score (nSPS) is 25.7. The molecular weight excluding hydrogens is 178 g/mol. The summed E-state index contributed by atoms with van der Waals surface area (Å²) in [5.41, 5.74) is 0. The van der Waals surface area contributed by atoms with E-state index in [0.717, 1.165) is 11.6 Å². The molecule has 0 aromatic carbocycles. The topological polar surface area (TPSA) is 0 Å². The molecule has 0 spiro atoms. The molecule has 2 aliphatic carbocycles. The Balaban J connectivity index is 0.000000980. The summed E-state index contributed by atoms with van der Waals surface area (Å²) in [5, 5.41) is 0. The van der Waals surface area contributed by atoms with E-state index in [1.54, 1.807) is 0 Å². The van der Waals surface area contributed by atoms with Gasteiger partial charge in [0.2, 0.25) is 0 Å². The first kappa shape index (κ1) is 13.1. The molecule has 0 nitrogen and oxygen atoms in total. The Hall–Kier alpha value is 1.06. The SMILES string of the molecule is [B-](C1CCCCC1)C1CCCCC1.[Na+]. The van der Waals surface area contributed by atoms with E-state index in [4.69, 9.17) is 0 Å². The molecule has 14 heavy (non-hydrogen) atoms. The van der Waals surface area contributed by atoms with Crippen LogP contribution in [0.15, 0.2) is 0 Å². The molecule has 2 fully saturated rings. The van der Waals surface area contributed by atoms with E-state index in [0.29, 0.717) is 0 Å². The van der Waals surface area contributed by atoms with Crippen molar-refractivity contribution in [1.29, 1.82) is 0 Å². The predicted octanol–water partition coefficient (Wildman–Crippen LogP) is 1.20. The fraction of sp³-hybridized carbons (Fsp3) is 1.00. The Morgan fingerprint density at radius 1 is 0.571 bits per heavy atom. The van der Waals surface area contributed by atoms with Crippen LogP contribution in [0.25, 0.3) is 0 Å². The first-order valence-corrected chi connectivity index (χ1v) is 6.30. The summed E-state index contributed by atoms with van der Waals surface area (Å²) < 4.78 is 0. The van der Waals surface area contributed by atoms with Gasteiger partial charge in [0, 0.05) is 0 Å². The molecule has 0 aromatic heterocycles. The van der Waals surface area contributed by atoms with Gasteiger partial charge >= 0.3 is 29.6 Å². The van der Waals surface area contributed by atoms with Crippen molar-refractivity contribution < 1.29 is 29.6 Å². The Bertz CT molecular complexity index is 121. The minimum Gasteiger partial charge on any atom is -0.328 e. The average molecular weight is 200 g/mol. The second kappa shape index (κ2) is 7.36. The molecule has 74 valence electrons. The fourth-order valence-electron chi connectivity index (χ4n) is 3.04. The first-order chi connectivity index (χ1) is 6.45. The molecule has 2 saturated carbocycles. The maximum atomic E-state index is 2.72. The van der Waals surface area contributed by atoms with Gasteiger partial charge < -0.3 is 7.28 Å². The third-order valence-electron chi connectivity index (χ3n) is 3.84. The Labute approximate surface area is 112 Å². The van der Waals surface area contributed by atoms with Crippen molar-refractivity contribution in [1.82, 2.24) is 0 Å². The van der Waals surface area contributed by atoms with Crippen LogP contribution < -0.4 is 29.6 Å². The third kappa shape index (κ3) is 4.29. The van der Waals surface area contributed by atoms with E-state index in [1.807, 2.05) is 0 Å². The minimum atomic E-state index is 0. The van der Waals surface area contributed by atoms with Crippen molar-refractivity contribution in [3.05, 3.63) is 0 Å². The van der Waals surface area contributed by atoms with E-state index in [2.05, 4.69) is 7.28 Å². The zero-order valence-corrected chi connectivity index (χ0v) is 11.8.